The Morgan fingerprint density at radius 1 is 1.11 bits per heavy atom. The fourth-order valence-corrected chi connectivity index (χ4v) is 3.74. The highest BCUT2D eigenvalue weighted by molar-refractivity contribution is 5.26. The van der Waals surface area contributed by atoms with Crippen LogP contribution in [0.5, 0.6) is 0 Å². The van der Waals surface area contributed by atoms with Crippen LogP contribution in [0.2, 0.25) is 0 Å². The lowest BCUT2D eigenvalue weighted by molar-refractivity contribution is 0.294. The molecule has 1 nitrogen and oxygen atoms in total. The molecule has 1 aromatic rings. The molecule has 0 aliphatic heterocycles. The number of benzene rings is 1. The van der Waals surface area contributed by atoms with Gasteiger partial charge in [0.15, 0.2) is 0 Å². The summed E-state index contributed by atoms with van der Waals surface area (Å²) < 4.78 is 0. The van der Waals surface area contributed by atoms with E-state index in [0.29, 0.717) is 6.04 Å². The highest BCUT2D eigenvalue weighted by Gasteiger charge is 2.45. The van der Waals surface area contributed by atoms with Crippen molar-refractivity contribution in [3.05, 3.63) is 35.9 Å². The number of rotatable bonds is 8. The molecule has 2 rings (SSSR count). The summed E-state index contributed by atoms with van der Waals surface area (Å²) in [6.45, 7) is 4.63. The highest BCUT2D eigenvalue weighted by Crippen LogP contribution is 2.51. The van der Waals surface area contributed by atoms with E-state index >= 15 is 0 Å². The highest BCUT2D eigenvalue weighted by atomic mass is 14.9. The Morgan fingerprint density at radius 3 is 2.26 bits per heavy atom. The Balaban J connectivity index is 1.99. The second-order valence-electron chi connectivity index (χ2n) is 6.07. The quantitative estimate of drug-likeness (QED) is 0.719. The van der Waals surface area contributed by atoms with Gasteiger partial charge in [0.05, 0.1) is 0 Å². The maximum absolute atomic E-state index is 3.63. The summed E-state index contributed by atoms with van der Waals surface area (Å²) in [6.07, 6.45) is 6.74. The van der Waals surface area contributed by atoms with Crippen LogP contribution in [0, 0.1) is 11.8 Å². The van der Waals surface area contributed by atoms with Gasteiger partial charge in [0, 0.05) is 6.04 Å². The molecule has 1 saturated carbocycles. The van der Waals surface area contributed by atoms with E-state index in [4.69, 9.17) is 0 Å². The first-order chi connectivity index (χ1) is 9.31. The Hall–Kier alpha value is -0.820. The molecule has 106 valence electrons. The topological polar surface area (TPSA) is 12.0 Å². The van der Waals surface area contributed by atoms with Crippen molar-refractivity contribution in [3.8, 4) is 0 Å². The van der Waals surface area contributed by atoms with Gasteiger partial charge in [-0.1, -0.05) is 57.0 Å². The largest absolute Gasteiger partial charge is 0.316 e. The molecule has 0 saturated heterocycles. The van der Waals surface area contributed by atoms with Gasteiger partial charge in [0.1, 0.15) is 0 Å². The predicted octanol–water partition coefficient (Wildman–Crippen LogP) is 4.59. The van der Waals surface area contributed by atoms with Crippen LogP contribution >= 0.6 is 0 Å². The Labute approximate surface area is 118 Å². The van der Waals surface area contributed by atoms with E-state index in [1.165, 1.54) is 32.1 Å². The van der Waals surface area contributed by atoms with Crippen LogP contribution in [0.25, 0.3) is 0 Å². The SMILES string of the molecule is CCCC(CCC)C(NC)C1CC1c1ccccc1. The summed E-state index contributed by atoms with van der Waals surface area (Å²) in [5.74, 6) is 2.52. The fraction of sp³-hybridized carbons (Fsp3) is 0.667. The maximum Gasteiger partial charge on any atom is 0.0127 e. The van der Waals surface area contributed by atoms with Gasteiger partial charge in [0.2, 0.25) is 0 Å². The lowest BCUT2D eigenvalue weighted by Gasteiger charge is -2.27. The molecule has 0 heterocycles. The zero-order chi connectivity index (χ0) is 13.7. The minimum atomic E-state index is 0.713. The van der Waals surface area contributed by atoms with Crippen molar-refractivity contribution in [1.29, 1.82) is 0 Å². The number of nitrogens with one attached hydrogen (secondary N) is 1. The lowest BCUT2D eigenvalue weighted by Crippen LogP contribution is -2.36. The molecule has 1 heteroatoms. The first-order valence-corrected chi connectivity index (χ1v) is 8.04. The summed E-state index contributed by atoms with van der Waals surface area (Å²) in [5, 5.41) is 3.63. The monoisotopic (exact) mass is 259 g/mol. The third kappa shape index (κ3) is 3.60. The summed E-state index contributed by atoms with van der Waals surface area (Å²) in [7, 11) is 2.16. The van der Waals surface area contributed by atoms with Crippen molar-refractivity contribution in [2.45, 2.75) is 57.9 Å². The van der Waals surface area contributed by atoms with Gasteiger partial charge in [-0.3, -0.25) is 0 Å². The van der Waals surface area contributed by atoms with E-state index in [1.807, 2.05) is 0 Å². The van der Waals surface area contributed by atoms with Crippen LogP contribution in [0.1, 0.15) is 57.4 Å². The predicted molar refractivity (Wildman–Crippen MR) is 83.4 cm³/mol. The fourth-order valence-electron chi connectivity index (χ4n) is 3.74. The van der Waals surface area contributed by atoms with E-state index in [2.05, 4.69) is 56.5 Å². The van der Waals surface area contributed by atoms with E-state index in [9.17, 15) is 0 Å². The van der Waals surface area contributed by atoms with Crippen molar-refractivity contribution >= 4 is 0 Å². The molecular weight excluding hydrogens is 230 g/mol. The Bertz CT molecular complexity index is 353. The van der Waals surface area contributed by atoms with Gasteiger partial charge in [-0.05, 0) is 49.6 Å². The van der Waals surface area contributed by atoms with Crippen molar-refractivity contribution < 1.29 is 0 Å². The third-order valence-corrected chi connectivity index (χ3v) is 4.69. The normalized spacial score (nSPS) is 23.6. The van der Waals surface area contributed by atoms with E-state index < -0.39 is 0 Å². The molecule has 19 heavy (non-hydrogen) atoms. The molecule has 0 aromatic heterocycles. The minimum absolute atomic E-state index is 0.713. The van der Waals surface area contributed by atoms with E-state index in [1.54, 1.807) is 5.56 Å². The third-order valence-electron chi connectivity index (χ3n) is 4.69. The first-order valence-electron chi connectivity index (χ1n) is 8.04. The number of hydrogen-bond donors (Lipinski definition) is 1. The molecule has 0 spiro atoms. The summed E-state index contributed by atoms with van der Waals surface area (Å²) in [5.41, 5.74) is 1.54. The minimum Gasteiger partial charge on any atom is -0.316 e. The molecule has 1 fully saturated rings. The summed E-state index contributed by atoms with van der Waals surface area (Å²) in [6, 6.07) is 11.8. The van der Waals surface area contributed by atoms with Crippen LogP contribution in [0.15, 0.2) is 30.3 Å². The Morgan fingerprint density at radius 2 is 1.74 bits per heavy atom. The molecule has 0 amide bonds. The molecule has 1 aromatic carbocycles. The number of hydrogen-bond acceptors (Lipinski definition) is 1. The molecule has 1 aliphatic carbocycles. The molecule has 1 aliphatic rings. The van der Waals surface area contributed by atoms with Crippen LogP contribution in [0.3, 0.4) is 0 Å². The van der Waals surface area contributed by atoms with Crippen molar-refractivity contribution in [1.82, 2.24) is 5.32 Å². The van der Waals surface area contributed by atoms with Gasteiger partial charge in [0.25, 0.3) is 0 Å². The maximum atomic E-state index is 3.63. The Kier molecular flexibility index (Phi) is 5.45. The van der Waals surface area contributed by atoms with Gasteiger partial charge in [-0.25, -0.2) is 0 Å². The zero-order valence-corrected chi connectivity index (χ0v) is 12.7. The van der Waals surface area contributed by atoms with E-state index in [0.717, 1.165) is 17.8 Å². The van der Waals surface area contributed by atoms with Crippen molar-refractivity contribution in [3.63, 3.8) is 0 Å². The average Bonchev–Trinajstić information content (AvgIpc) is 3.21. The van der Waals surface area contributed by atoms with Crippen LogP contribution < -0.4 is 5.32 Å². The van der Waals surface area contributed by atoms with Gasteiger partial charge < -0.3 is 5.32 Å². The smallest absolute Gasteiger partial charge is 0.0127 e. The second-order valence-corrected chi connectivity index (χ2v) is 6.07. The molecule has 0 radical (unpaired) electrons. The van der Waals surface area contributed by atoms with Crippen molar-refractivity contribution in [2.24, 2.45) is 11.8 Å². The summed E-state index contributed by atoms with van der Waals surface area (Å²) >= 11 is 0. The van der Waals surface area contributed by atoms with Gasteiger partial charge in [-0.2, -0.15) is 0 Å². The lowest BCUT2D eigenvalue weighted by atomic mass is 9.86. The first kappa shape index (κ1) is 14.6. The molecule has 0 bridgehead atoms. The standard InChI is InChI=1S/C18H29N/c1-4-9-15(10-5-2)18(19-3)17-13-16(17)14-11-7-6-8-12-14/h6-8,11-12,15-19H,4-5,9-10,13H2,1-3H3. The molecule has 3 unspecified atom stereocenters. The van der Waals surface area contributed by atoms with Crippen LogP contribution in [-0.2, 0) is 0 Å². The zero-order valence-electron chi connectivity index (χ0n) is 12.7. The average molecular weight is 259 g/mol. The summed E-state index contributed by atoms with van der Waals surface area (Å²) in [4.78, 5) is 0. The van der Waals surface area contributed by atoms with Crippen LogP contribution in [0.4, 0.5) is 0 Å². The van der Waals surface area contributed by atoms with Crippen LogP contribution in [-0.4, -0.2) is 13.1 Å². The molecular formula is C18H29N. The van der Waals surface area contributed by atoms with E-state index in [-0.39, 0.29) is 0 Å². The second kappa shape index (κ2) is 7.09. The van der Waals surface area contributed by atoms with Gasteiger partial charge in [-0.15, -0.1) is 0 Å². The molecule has 1 N–H and O–H groups in total. The molecule has 3 atom stereocenters. The van der Waals surface area contributed by atoms with Gasteiger partial charge >= 0.3 is 0 Å². The van der Waals surface area contributed by atoms with Crippen molar-refractivity contribution in [2.75, 3.05) is 7.05 Å².